The molecule has 1 N–H and O–H groups in total. The quantitative estimate of drug-likeness (QED) is 0.884. The number of halogens is 2. The third-order valence-corrected chi connectivity index (χ3v) is 5.31. The Morgan fingerprint density at radius 1 is 1.20 bits per heavy atom. The zero-order chi connectivity index (χ0) is 14.9. The second kappa shape index (κ2) is 5.71. The van der Waals surface area contributed by atoms with Crippen LogP contribution in [0.1, 0.15) is 11.3 Å². The van der Waals surface area contributed by atoms with E-state index in [4.69, 9.17) is 11.6 Å². The van der Waals surface area contributed by atoms with Crippen LogP contribution in [0.15, 0.2) is 39.7 Å². The summed E-state index contributed by atoms with van der Waals surface area (Å²) in [6, 6.07) is 7.92. The smallest absolute Gasteiger partial charge is 0.263 e. The number of rotatable bonds is 3. The summed E-state index contributed by atoms with van der Waals surface area (Å²) < 4.78 is 27.7. The van der Waals surface area contributed by atoms with Crippen LogP contribution in [0.5, 0.6) is 0 Å². The summed E-state index contributed by atoms with van der Waals surface area (Å²) >= 11 is 9.27. The van der Waals surface area contributed by atoms with E-state index in [-0.39, 0.29) is 10.7 Å². The highest BCUT2D eigenvalue weighted by molar-refractivity contribution is 9.10. The summed E-state index contributed by atoms with van der Waals surface area (Å²) in [5.41, 5.74) is 1.52. The molecule has 0 bridgehead atoms. The fourth-order valence-corrected chi connectivity index (χ4v) is 3.03. The summed E-state index contributed by atoms with van der Waals surface area (Å²) in [6.07, 6.45) is 0. The first kappa shape index (κ1) is 15.3. The minimum absolute atomic E-state index is 0.107. The van der Waals surface area contributed by atoms with Crippen LogP contribution < -0.4 is 4.72 Å². The van der Waals surface area contributed by atoms with E-state index in [9.17, 15) is 8.42 Å². The molecule has 0 atom stereocenters. The van der Waals surface area contributed by atoms with Crippen LogP contribution in [0.25, 0.3) is 0 Å². The fraction of sp³-hybridized carbons (Fsp3) is 0.154. The fourth-order valence-electron chi connectivity index (χ4n) is 1.54. The summed E-state index contributed by atoms with van der Waals surface area (Å²) in [4.78, 5) is 4.26. The van der Waals surface area contributed by atoms with Gasteiger partial charge >= 0.3 is 0 Å². The number of benzene rings is 1. The number of anilines is 1. The van der Waals surface area contributed by atoms with Crippen molar-refractivity contribution in [1.29, 1.82) is 0 Å². The molecule has 0 radical (unpaired) electrons. The Balaban J connectivity index is 2.35. The molecule has 7 heteroatoms. The van der Waals surface area contributed by atoms with Gasteiger partial charge in [-0.3, -0.25) is 4.72 Å². The normalized spacial score (nSPS) is 11.4. The van der Waals surface area contributed by atoms with Crippen LogP contribution >= 0.6 is 27.5 Å². The standard InChI is InChI=1S/C13H12BrClN2O2S/c1-8-3-4-10(7-12(8)15)20(18,19)17-13-6-5-11(14)9(2)16-13/h3-7H,1-2H3,(H,16,17). The first-order chi connectivity index (χ1) is 9.29. The zero-order valence-electron chi connectivity index (χ0n) is 10.8. The molecule has 0 fully saturated rings. The maximum Gasteiger partial charge on any atom is 0.263 e. The lowest BCUT2D eigenvalue weighted by molar-refractivity contribution is 0.601. The highest BCUT2D eigenvalue weighted by Crippen LogP contribution is 2.22. The van der Waals surface area contributed by atoms with E-state index in [0.717, 1.165) is 10.0 Å². The van der Waals surface area contributed by atoms with Crippen LogP contribution in [0.2, 0.25) is 5.02 Å². The Morgan fingerprint density at radius 2 is 1.90 bits per heavy atom. The Morgan fingerprint density at radius 3 is 2.50 bits per heavy atom. The molecule has 0 aliphatic carbocycles. The van der Waals surface area contributed by atoms with Gasteiger partial charge < -0.3 is 0 Å². The summed E-state index contributed by atoms with van der Waals surface area (Å²) in [5, 5.41) is 0.410. The first-order valence-electron chi connectivity index (χ1n) is 5.72. The van der Waals surface area contributed by atoms with Crippen molar-refractivity contribution in [2.75, 3.05) is 4.72 Å². The number of aromatic nitrogens is 1. The molecule has 0 aliphatic heterocycles. The molecule has 1 heterocycles. The van der Waals surface area contributed by atoms with Crippen molar-refractivity contribution in [2.24, 2.45) is 0 Å². The van der Waals surface area contributed by atoms with Gasteiger partial charge in [0.15, 0.2) is 0 Å². The maximum absolute atomic E-state index is 12.2. The molecule has 0 saturated heterocycles. The molecular weight excluding hydrogens is 364 g/mol. The minimum atomic E-state index is -3.69. The number of hydrogen-bond acceptors (Lipinski definition) is 3. The van der Waals surface area contributed by atoms with Crippen LogP contribution in [-0.2, 0) is 10.0 Å². The Kier molecular flexibility index (Phi) is 4.36. The van der Waals surface area contributed by atoms with Gasteiger partial charge in [0.2, 0.25) is 0 Å². The Bertz CT molecular complexity index is 763. The number of nitrogens with zero attached hydrogens (tertiary/aromatic N) is 1. The average molecular weight is 376 g/mol. The average Bonchev–Trinajstić information content (AvgIpc) is 2.37. The summed E-state index contributed by atoms with van der Waals surface area (Å²) in [6.45, 7) is 3.59. The van der Waals surface area contributed by atoms with Crippen LogP contribution in [0.4, 0.5) is 5.82 Å². The van der Waals surface area contributed by atoms with E-state index < -0.39 is 10.0 Å². The number of hydrogen-bond donors (Lipinski definition) is 1. The molecule has 1 aromatic carbocycles. The van der Waals surface area contributed by atoms with Crippen molar-refractivity contribution in [2.45, 2.75) is 18.7 Å². The van der Waals surface area contributed by atoms with Crippen molar-refractivity contribution in [3.8, 4) is 0 Å². The Hall–Kier alpha value is -1.11. The Labute approximate surface area is 131 Å². The predicted molar refractivity (Wildman–Crippen MR) is 83.7 cm³/mol. The lowest BCUT2D eigenvalue weighted by atomic mass is 10.2. The lowest BCUT2D eigenvalue weighted by Gasteiger charge is -2.09. The molecule has 1 aromatic heterocycles. The SMILES string of the molecule is Cc1ccc(S(=O)(=O)Nc2ccc(Br)c(C)n2)cc1Cl. The molecule has 0 saturated carbocycles. The van der Waals surface area contributed by atoms with Gasteiger partial charge in [0.05, 0.1) is 10.6 Å². The zero-order valence-corrected chi connectivity index (χ0v) is 14.0. The monoisotopic (exact) mass is 374 g/mol. The highest BCUT2D eigenvalue weighted by Gasteiger charge is 2.16. The van der Waals surface area contributed by atoms with E-state index in [1.807, 2.05) is 6.92 Å². The second-order valence-electron chi connectivity index (χ2n) is 4.28. The van der Waals surface area contributed by atoms with Gasteiger partial charge in [0.25, 0.3) is 10.0 Å². The topological polar surface area (TPSA) is 59.1 Å². The first-order valence-corrected chi connectivity index (χ1v) is 8.37. The third-order valence-electron chi connectivity index (χ3n) is 2.71. The van der Waals surface area contributed by atoms with Crippen molar-refractivity contribution in [3.63, 3.8) is 0 Å². The summed E-state index contributed by atoms with van der Waals surface area (Å²) in [7, 11) is -3.69. The van der Waals surface area contributed by atoms with Gasteiger partial charge in [-0.25, -0.2) is 13.4 Å². The van der Waals surface area contributed by atoms with E-state index in [2.05, 4.69) is 25.6 Å². The van der Waals surface area contributed by atoms with Crippen LogP contribution in [0.3, 0.4) is 0 Å². The van der Waals surface area contributed by atoms with E-state index >= 15 is 0 Å². The van der Waals surface area contributed by atoms with Crippen molar-refractivity contribution in [1.82, 2.24) is 4.98 Å². The molecular formula is C13H12BrClN2O2S. The predicted octanol–water partition coefficient (Wildman–Crippen LogP) is 3.92. The van der Waals surface area contributed by atoms with E-state index in [0.29, 0.717) is 10.7 Å². The molecule has 20 heavy (non-hydrogen) atoms. The lowest BCUT2D eigenvalue weighted by Crippen LogP contribution is -2.14. The van der Waals surface area contributed by atoms with Crippen LogP contribution in [-0.4, -0.2) is 13.4 Å². The van der Waals surface area contributed by atoms with Gasteiger partial charge in [-0.2, -0.15) is 0 Å². The van der Waals surface area contributed by atoms with Gasteiger partial charge in [0, 0.05) is 9.50 Å². The summed E-state index contributed by atoms with van der Waals surface area (Å²) in [5.74, 6) is 0.266. The molecule has 0 unspecified atom stereocenters. The maximum atomic E-state index is 12.2. The molecule has 4 nitrogen and oxygen atoms in total. The number of pyridine rings is 1. The van der Waals surface area contributed by atoms with Crippen molar-refractivity contribution < 1.29 is 8.42 Å². The molecule has 0 aliphatic rings. The number of nitrogens with one attached hydrogen (secondary N) is 1. The molecule has 0 amide bonds. The number of aryl methyl sites for hydroxylation is 2. The second-order valence-corrected chi connectivity index (χ2v) is 7.22. The molecule has 106 valence electrons. The molecule has 0 spiro atoms. The largest absolute Gasteiger partial charge is 0.263 e. The van der Waals surface area contributed by atoms with E-state index in [1.165, 1.54) is 12.1 Å². The highest BCUT2D eigenvalue weighted by atomic mass is 79.9. The van der Waals surface area contributed by atoms with E-state index in [1.54, 1.807) is 25.1 Å². The van der Waals surface area contributed by atoms with Crippen molar-refractivity contribution >= 4 is 43.4 Å². The van der Waals surface area contributed by atoms with Crippen molar-refractivity contribution in [3.05, 3.63) is 51.1 Å². The minimum Gasteiger partial charge on any atom is -0.263 e. The van der Waals surface area contributed by atoms with Crippen LogP contribution in [0, 0.1) is 13.8 Å². The van der Waals surface area contributed by atoms with Gasteiger partial charge in [-0.15, -0.1) is 0 Å². The molecule has 2 aromatic rings. The van der Waals surface area contributed by atoms with Gasteiger partial charge in [-0.1, -0.05) is 17.7 Å². The molecule has 2 rings (SSSR count). The van der Waals surface area contributed by atoms with Gasteiger partial charge in [0.1, 0.15) is 5.82 Å². The number of sulfonamides is 1. The van der Waals surface area contributed by atoms with Gasteiger partial charge in [-0.05, 0) is 59.6 Å². The third kappa shape index (κ3) is 3.31.